The van der Waals surface area contributed by atoms with Gasteiger partial charge in [0, 0.05) is 50.4 Å². The van der Waals surface area contributed by atoms with Gasteiger partial charge in [0.1, 0.15) is 0 Å². The summed E-state index contributed by atoms with van der Waals surface area (Å²) in [5.74, 6) is -0.111. The lowest BCUT2D eigenvalue weighted by atomic mass is 10.2. The van der Waals surface area contributed by atoms with Crippen molar-refractivity contribution in [2.75, 3.05) is 38.2 Å². The Hall–Kier alpha value is -3.02. The molecule has 0 aliphatic carbocycles. The molecule has 10 nitrogen and oxygen atoms in total. The minimum Gasteiger partial charge on any atom is -0.385 e. The molecule has 32 heavy (non-hydrogen) atoms. The van der Waals surface area contributed by atoms with Crippen molar-refractivity contribution in [3.05, 3.63) is 64.2 Å². The molecule has 2 aromatic rings. The number of amides is 1. The number of carbonyl (C=O) groups excluding carboxylic acids is 1. The Labute approximate surface area is 186 Å². The molecular weight excluding hydrogens is 436 g/mol. The fourth-order valence-electron chi connectivity index (χ4n) is 3.19. The summed E-state index contributed by atoms with van der Waals surface area (Å²) in [5.41, 5.74) is 1.59. The van der Waals surface area contributed by atoms with Gasteiger partial charge in [-0.1, -0.05) is 12.1 Å². The van der Waals surface area contributed by atoms with E-state index in [4.69, 9.17) is 4.74 Å². The van der Waals surface area contributed by atoms with Crippen molar-refractivity contribution in [1.29, 1.82) is 0 Å². The van der Waals surface area contributed by atoms with E-state index in [9.17, 15) is 23.3 Å². The molecular formula is C21H26N4O6S. The third-order valence-corrected chi connectivity index (χ3v) is 6.92. The number of hydrogen-bond donors (Lipinski definition) is 2. The third-order valence-electron chi connectivity index (χ3n) is 5.01. The molecule has 1 fully saturated rings. The summed E-state index contributed by atoms with van der Waals surface area (Å²) >= 11 is 0. The first kappa shape index (κ1) is 23.6. The molecule has 2 N–H and O–H groups in total. The highest BCUT2D eigenvalue weighted by Crippen LogP contribution is 2.18. The Bertz CT molecular complexity index is 1020. The number of ether oxygens (including phenoxy) is 1. The molecule has 0 saturated carbocycles. The number of carbonyl (C=O) groups is 1. The fraction of sp³-hybridized carbons (Fsp3) is 0.381. The zero-order valence-electron chi connectivity index (χ0n) is 17.5. The molecule has 1 amide bonds. The number of non-ortho nitro benzene ring substituents is 1. The number of anilines is 1. The van der Waals surface area contributed by atoms with Gasteiger partial charge in [0.05, 0.1) is 23.0 Å². The molecule has 0 unspecified atom stereocenters. The van der Waals surface area contributed by atoms with Crippen molar-refractivity contribution >= 4 is 27.3 Å². The first-order valence-electron chi connectivity index (χ1n) is 10.3. The summed E-state index contributed by atoms with van der Waals surface area (Å²) in [6, 6.07) is 12.6. The number of benzene rings is 2. The molecule has 1 saturated heterocycles. The number of rotatable bonds is 10. The van der Waals surface area contributed by atoms with Gasteiger partial charge in [-0.05, 0) is 36.2 Å². The zero-order chi connectivity index (χ0) is 23.0. The molecule has 1 aliphatic heterocycles. The van der Waals surface area contributed by atoms with E-state index in [-0.39, 0.29) is 16.5 Å². The fourth-order valence-corrected chi connectivity index (χ4v) is 4.59. The first-order chi connectivity index (χ1) is 15.4. The van der Waals surface area contributed by atoms with Crippen LogP contribution in [-0.4, -0.2) is 56.4 Å². The van der Waals surface area contributed by atoms with Crippen LogP contribution >= 0.6 is 0 Å². The molecule has 0 atom stereocenters. The van der Waals surface area contributed by atoms with Crippen LogP contribution in [0.15, 0.2) is 53.4 Å². The Balaban J connectivity index is 1.38. The van der Waals surface area contributed by atoms with E-state index in [1.807, 2.05) is 0 Å². The quantitative estimate of drug-likeness (QED) is 0.314. The van der Waals surface area contributed by atoms with Crippen LogP contribution in [0.4, 0.5) is 11.4 Å². The maximum atomic E-state index is 12.6. The van der Waals surface area contributed by atoms with Gasteiger partial charge in [-0.3, -0.25) is 14.9 Å². The first-order valence-corrected chi connectivity index (χ1v) is 11.7. The van der Waals surface area contributed by atoms with E-state index >= 15 is 0 Å². The van der Waals surface area contributed by atoms with Gasteiger partial charge in [-0.2, -0.15) is 4.31 Å². The van der Waals surface area contributed by atoms with E-state index in [1.54, 1.807) is 36.4 Å². The average molecular weight is 463 g/mol. The number of nitrogens with one attached hydrogen (secondary N) is 2. The van der Waals surface area contributed by atoms with Crippen LogP contribution in [-0.2, 0) is 26.1 Å². The Morgan fingerprint density at radius 2 is 1.72 bits per heavy atom. The van der Waals surface area contributed by atoms with E-state index in [2.05, 4.69) is 10.6 Å². The van der Waals surface area contributed by atoms with Gasteiger partial charge in [-0.15, -0.1) is 0 Å². The Kier molecular flexibility index (Phi) is 8.14. The van der Waals surface area contributed by atoms with Gasteiger partial charge < -0.3 is 15.4 Å². The highest BCUT2D eigenvalue weighted by Gasteiger charge is 2.26. The van der Waals surface area contributed by atoms with Crippen molar-refractivity contribution in [2.24, 2.45) is 0 Å². The summed E-state index contributed by atoms with van der Waals surface area (Å²) in [7, 11) is -3.53. The SMILES string of the molecule is O=C(CCCNc1ccc([N+](=O)[O-])cc1)NCc1ccc(S(=O)(=O)N2CCOCC2)cc1. The van der Waals surface area contributed by atoms with Crippen LogP contribution in [0.3, 0.4) is 0 Å². The predicted molar refractivity (Wildman–Crippen MR) is 119 cm³/mol. The molecule has 2 aromatic carbocycles. The summed E-state index contributed by atoms with van der Waals surface area (Å²) in [5, 5.41) is 16.6. The molecule has 11 heteroatoms. The number of nitro benzene ring substituents is 1. The smallest absolute Gasteiger partial charge is 0.269 e. The van der Waals surface area contributed by atoms with E-state index < -0.39 is 14.9 Å². The van der Waals surface area contributed by atoms with E-state index in [0.717, 1.165) is 11.3 Å². The Morgan fingerprint density at radius 3 is 2.34 bits per heavy atom. The maximum Gasteiger partial charge on any atom is 0.269 e. The van der Waals surface area contributed by atoms with Crippen molar-refractivity contribution in [3.8, 4) is 0 Å². The lowest BCUT2D eigenvalue weighted by Crippen LogP contribution is -2.40. The number of morpholine rings is 1. The van der Waals surface area contributed by atoms with Crippen LogP contribution < -0.4 is 10.6 Å². The number of hydrogen-bond acceptors (Lipinski definition) is 7. The molecule has 0 aromatic heterocycles. The summed E-state index contributed by atoms with van der Waals surface area (Å²) < 4.78 is 31.9. The van der Waals surface area contributed by atoms with E-state index in [1.165, 1.54) is 16.4 Å². The van der Waals surface area contributed by atoms with Crippen LogP contribution in [0.2, 0.25) is 0 Å². The third kappa shape index (κ3) is 6.49. The second kappa shape index (κ2) is 11.0. The minimum absolute atomic E-state index is 0.0293. The number of nitrogens with zero attached hydrogens (tertiary/aromatic N) is 2. The minimum atomic E-state index is -3.53. The van der Waals surface area contributed by atoms with Crippen LogP contribution in [0, 0.1) is 10.1 Å². The van der Waals surface area contributed by atoms with Gasteiger partial charge >= 0.3 is 0 Å². The van der Waals surface area contributed by atoms with Crippen LogP contribution in [0.25, 0.3) is 0 Å². The second-order valence-electron chi connectivity index (χ2n) is 7.27. The standard InChI is InChI=1S/C21H26N4O6S/c26-21(2-1-11-22-18-5-7-19(8-6-18)25(27)28)23-16-17-3-9-20(10-4-17)32(29,30)24-12-14-31-15-13-24/h3-10,22H,1-2,11-16H2,(H,23,26). The largest absolute Gasteiger partial charge is 0.385 e. The highest BCUT2D eigenvalue weighted by molar-refractivity contribution is 7.89. The van der Waals surface area contributed by atoms with Gasteiger partial charge in [0.2, 0.25) is 15.9 Å². The summed E-state index contributed by atoms with van der Waals surface area (Å²) in [4.78, 5) is 22.5. The number of nitro groups is 1. The van der Waals surface area contributed by atoms with Crippen molar-refractivity contribution in [1.82, 2.24) is 9.62 Å². The lowest BCUT2D eigenvalue weighted by molar-refractivity contribution is -0.384. The summed E-state index contributed by atoms with van der Waals surface area (Å²) in [6.07, 6.45) is 0.920. The molecule has 3 rings (SSSR count). The zero-order valence-corrected chi connectivity index (χ0v) is 18.3. The molecule has 0 bridgehead atoms. The molecule has 0 radical (unpaired) electrons. The normalized spacial score (nSPS) is 14.6. The van der Waals surface area contributed by atoms with E-state index in [0.29, 0.717) is 52.2 Å². The van der Waals surface area contributed by atoms with Crippen molar-refractivity contribution in [2.45, 2.75) is 24.3 Å². The van der Waals surface area contributed by atoms with Crippen LogP contribution in [0.5, 0.6) is 0 Å². The monoisotopic (exact) mass is 462 g/mol. The van der Waals surface area contributed by atoms with Gasteiger partial charge in [0.25, 0.3) is 5.69 Å². The average Bonchev–Trinajstić information content (AvgIpc) is 2.81. The molecule has 172 valence electrons. The molecule has 1 aliphatic rings. The lowest BCUT2D eigenvalue weighted by Gasteiger charge is -2.26. The topological polar surface area (TPSA) is 131 Å². The molecule has 1 heterocycles. The van der Waals surface area contributed by atoms with Crippen molar-refractivity contribution < 1.29 is 22.9 Å². The summed E-state index contributed by atoms with van der Waals surface area (Å²) in [6.45, 7) is 2.35. The predicted octanol–water partition coefficient (Wildman–Crippen LogP) is 2.12. The Morgan fingerprint density at radius 1 is 1.06 bits per heavy atom. The number of sulfonamides is 1. The van der Waals surface area contributed by atoms with Crippen LogP contribution in [0.1, 0.15) is 18.4 Å². The van der Waals surface area contributed by atoms with Crippen molar-refractivity contribution in [3.63, 3.8) is 0 Å². The second-order valence-corrected chi connectivity index (χ2v) is 9.21. The van der Waals surface area contributed by atoms with Gasteiger partial charge in [0.15, 0.2) is 0 Å². The molecule has 0 spiro atoms. The van der Waals surface area contributed by atoms with Gasteiger partial charge in [-0.25, -0.2) is 8.42 Å². The maximum absolute atomic E-state index is 12.6. The highest BCUT2D eigenvalue weighted by atomic mass is 32.2.